The first-order valence-corrected chi connectivity index (χ1v) is 14.9. The molecule has 5 aromatic rings. The van der Waals surface area contributed by atoms with Gasteiger partial charge in [-0.1, -0.05) is 30.3 Å². The van der Waals surface area contributed by atoms with Crippen molar-refractivity contribution in [2.24, 2.45) is 0 Å². The van der Waals surface area contributed by atoms with Crippen molar-refractivity contribution < 1.29 is 19.0 Å². The van der Waals surface area contributed by atoms with Crippen LogP contribution in [0.2, 0.25) is 0 Å². The second kappa shape index (κ2) is 12.1. The van der Waals surface area contributed by atoms with Crippen LogP contribution in [0.5, 0.6) is 5.88 Å². The van der Waals surface area contributed by atoms with Crippen molar-refractivity contribution in [1.29, 1.82) is 0 Å². The summed E-state index contributed by atoms with van der Waals surface area (Å²) in [6.07, 6.45) is 4.96. The van der Waals surface area contributed by atoms with Gasteiger partial charge in [0.05, 0.1) is 31.8 Å². The summed E-state index contributed by atoms with van der Waals surface area (Å²) in [5.74, 6) is 1.49. The number of aromatic nitrogens is 5. The number of rotatable bonds is 9. The second-order valence-electron chi connectivity index (χ2n) is 11.2. The number of pyridine rings is 3. The van der Waals surface area contributed by atoms with Crippen LogP contribution in [0, 0.1) is 0 Å². The summed E-state index contributed by atoms with van der Waals surface area (Å²) in [4.78, 5) is 33.5. The quantitative estimate of drug-likeness (QED) is 0.226. The molecule has 0 unspecified atom stereocenters. The number of fused-ring (bicyclic) bond motifs is 2. The van der Waals surface area contributed by atoms with Gasteiger partial charge in [0.2, 0.25) is 5.88 Å². The lowest BCUT2D eigenvalue weighted by molar-refractivity contribution is -0.0593. The predicted octanol–water partition coefficient (Wildman–Crippen LogP) is 4.91. The summed E-state index contributed by atoms with van der Waals surface area (Å²) in [5, 5.41) is 1.10. The number of hydrogen-bond acceptors (Lipinski definition) is 9. The Bertz CT molecular complexity index is 1750. The number of nitrogens with zero attached hydrogens (tertiary/aromatic N) is 6. The molecule has 1 atom stereocenters. The Morgan fingerprint density at radius 3 is 2.63 bits per heavy atom. The van der Waals surface area contributed by atoms with E-state index in [-0.39, 0.29) is 11.8 Å². The van der Waals surface area contributed by atoms with Crippen molar-refractivity contribution in [2.75, 3.05) is 26.8 Å². The molecule has 4 aromatic heterocycles. The van der Waals surface area contributed by atoms with Crippen molar-refractivity contribution in [2.45, 2.75) is 51.0 Å². The zero-order valence-corrected chi connectivity index (χ0v) is 24.2. The van der Waals surface area contributed by atoms with E-state index in [9.17, 15) is 4.79 Å². The number of piperidine rings is 1. The van der Waals surface area contributed by atoms with Crippen LogP contribution in [0.4, 0.5) is 0 Å². The summed E-state index contributed by atoms with van der Waals surface area (Å²) in [7, 11) is 1.37. The molecule has 2 saturated heterocycles. The number of esters is 1. The highest BCUT2D eigenvalue weighted by Gasteiger charge is 2.26. The van der Waals surface area contributed by atoms with Crippen LogP contribution in [-0.2, 0) is 29.2 Å². The van der Waals surface area contributed by atoms with Gasteiger partial charge >= 0.3 is 5.97 Å². The molecule has 0 N–H and O–H groups in total. The molecule has 2 aliphatic heterocycles. The first-order valence-electron chi connectivity index (χ1n) is 14.9. The zero-order chi connectivity index (χ0) is 29.2. The third-order valence-corrected chi connectivity index (χ3v) is 8.45. The van der Waals surface area contributed by atoms with Crippen molar-refractivity contribution in [3.63, 3.8) is 0 Å². The molecule has 220 valence electrons. The molecule has 0 aliphatic carbocycles. The molecule has 7 rings (SSSR count). The monoisotopic (exact) mass is 578 g/mol. The van der Waals surface area contributed by atoms with E-state index in [1.54, 1.807) is 6.07 Å². The van der Waals surface area contributed by atoms with E-state index in [1.165, 1.54) is 7.11 Å². The first kappa shape index (κ1) is 27.4. The molecule has 0 amide bonds. The molecule has 10 heteroatoms. The summed E-state index contributed by atoms with van der Waals surface area (Å²) in [6, 6.07) is 19.7. The van der Waals surface area contributed by atoms with Crippen LogP contribution in [-0.4, -0.2) is 68.3 Å². The van der Waals surface area contributed by atoms with Gasteiger partial charge in [-0.25, -0.2) is 19.7 Å². The Morgan fingerprint density at radius 2 is 1.81 bits per heavy atom. The topological polar surface area (TPSA) is 104 Å². The smallest absolute Gasteiger partial charge is 0.356 e. The number of likely N-dealkylation sites (tertiary alicyclic amines) is 1. The van der Waals surface area contributed by atoms with Crippen LogP contribution < -0.4 is 4.74 Å². The van der Waals surface area contributed by atoms with Crippen LogP contribution in [0.25, 0.3) is 22.1 Å². The summed E-state index contributed by atoms with van der Waals surface area (Å²) in [6.45, 7) is 4.45. The average Bonchev–Trinajstić information content (AvgIpc) is 3.37. The Hall–Kier alpha value is -4.41. The Kier molecular flexibility index (Phi) is 7.69. The molecule has 0 saturated carbocycles. The van der Waals surface area contributed by atoms with Crippen LogP contribution in [0.3, 0.4) is 0 Å². The maximum absolute atomic E-state index is 12.1. The lowest BCUT2D eigenvalue weighted by Gasteiger charge is -2.32. The minimum atomic E-state index is -0.452. The Balaban J connectivity index is 1.01. The van der Waals surface area contributed by atoms with E-state index in [0.717, 1.165) is 72.5 Å². The Morgan fingerprint density at radius 1 is 0.977 bits per heavy atom. The molecule has 6 heterocycles. The lowest BCUT2D eigenvalue weighted by atomic mass is 9.93. The second-order valence-corrected chi connectivity index (χ2v) is 11.2. The predicted molar refractivity (Wildman–Crippen MR) is 161 cm³/mol. The molecule has 0 spiro atoms. The highest BCUT2D eigenvalue weighted by molar-refractivity contribution is 5.89. The number of para-hydroxylation sites is 1. The molecule has 10 nitrogen and oxygen atoms in total. The van der Waals surface area contributed by atoms with Crippen molar-refractivity contribution in [1.82, 2.24) is 29.4 Å². The van der Waals surface area contributed by atoms with Gasteiger partial charge in [0, 0.05) is 41.4 Å². The van der Waals surface area contributed by atoms with Gasteiger partial charge in [0.15, 0.2) is 11.3 Å². The van der Waals surface area contributed by atoms with Crippen molar-refractivity contribution in [3.05, 3.63) is 89.6 Å². The maximum atomic E-state index is 12.1. The summed E-state index contributed by atoms with van der Waals surface area (Å²) >= 11 is 0. The molecular weight excluding hydrogens is 544 g/mol. The zero-order valence-electron chi connectivity index (χ0n) is 24.2. The highest BCUT2D eigenvalue weighted by atomic mass is 16.5. The fraction of sp³-hybridized carbons (Fsp3) is 0.364. The van der Waals surface area contributed by atoms with Crippen LogP contribution in [0.1, 0.15) is 52.8 Å². The van der Waals surface area contributed by atoms with Gasteiger partial charge in [-0.15, -0.1) is 0 Å². The highest BCUT2D eigenvalue weighted by Crippen LogP contribution is 2.30. The van der Waals surface area contributed by atoms with Crippen LogP contribution in [0.15, 0.2) is 66.9 Å². The molecule has 0 radical (unpaired) electrons. The third-order valence-electron chi connectivity index (χ3n) is 8.45. The number of ether oxygens (including phenoxy) is 3. The number of carbonyl (C=O) groups excluding carboxylic acids is 1. The summed E-state index contributed by atoms with van der Waals surface area (Å²) in [5.41, 5.74) is 4.83. The van der Waals surface area contributed by atoms with E-state index in [2.05, 4.69) is 43.7 Å². The number of carbonyl (C=O) groups is 1. The number of methoxy groups -OCH3 is 1. The Labute approximate surface area is 249 Å². The minimum absolute atomic E-state index is 0.142. The van der Waals surface area contributed by atoms with E-state index in [4.69, 9.17) is 24.2 Å². The van der Waals surface area contributed by atoms with Crippen molar-refractivity contribution in [3.8, 4) is 5.88 Å². The van der Waals surface area contributed by atoms with E-state index >= 15 is 0 Å². The van der Waals surface area contributed by atoms with Crippen LogP contribution >= 0.6 is 0 Å². The van der Waals surface area contributed by atoms with Gasteiger partial charge in [-0.2, -0.15) is 0 Å². The number of imidazole rings is 1. The van der Waals surface area contributed by atoms with Gasteiger partial charge in [0.25, 0.3) is 0 Å². The minimum Gasteiger partial charge on any atom is -0.473 e. The van der Waals surface area contributed by atoms with E-state index in [1.807, 2.05) is 36.5 Å². The van der Waals surface area contributed by atoms with E-state index in [0.29, 0.717) is 37.1 Å². The third kappa shape index (κ3) is 5.80. The molecule has 2 aliphatic rings. The fourth-order valence-electron chi connectivity index (χ4n) is 5.97. The van der Waals surface area contributed by atoms with Gasteiger partial charge in [-0.05, 0) is 56.6 Å². The SMILES string of the molecule is COC(=O)c1ccc2nc(CN3CCC(c4cccc(OCc5cccc6cccnc56)n4)CC3)n(C[C@@H]3CCO3)c2n1. The molecule has 1 aromatic carbocycles. The summed E-state index contributed by atoms with van der Waals surface area (Å²) < 4.78 is 18.9. The normalized spacial score (nSPS) is 17.7. The standard InChI is InChI=1S/C33H34N6O4/c1-41-33(40)28-11-10-27-32(37-28)39(19-25-14-18-42-25)29(35-27)20-38-16-12-22(13-17-38)26-8-3-9-30(36-26)43-21-24-6-2-5-23-7-4-15-34-31(23)24/h2-11,15,22,25H,12-14,16-21H2,1H3/t25-/m0/s1. The molecule has 2 fully saturated rings. The molecule has 43 heavy (non-hydrogen) atoms. The van der Waals surface area contributed by atoms with E-state index < -0.39 is 5.97 Å². The number of hydrogen-bond donors (Lipinski definition) is 0. The van der Waals surface area contributed by atoms with Gasteiger partial charge < -0.3 is 18.8 Å². The lowest BCUT2D eigenvalue weighted by Crippen LogP contribution is -2.35. The van der Waals surface area contributed by atoms with Gasteiger partial charge in [-0.3, -0.25) is 9.88 Å². The average molecular weight is 579 g/mol. The van der Waals surface area contributed by atoms with Gasteiger partial charge in [0.1, 0.15) is 17.9 Å². The largest absolute Gasteiger partial charge is 0.473 e. The maximum Gasteiger partial charge on any atom is 0.356 e. The molecular formula is C33H34N6O4. The fourth-order valence-corrected chi connectivity index (χ4v) is 5.97. The van der Waals surface area contributed by atoms with Crippen molar-refractivity contribution >= 4 is 28.0 Å². The number of benzene rings is 1. The first-order chi connectivity index (χ1) is 21.1. The molecule has 0 bridgehead atoms.